The zero-order valence-electron chi connectivity index (χ0n) is 11.9. The lowest BCUT2D eigenvalue weighted by atomic mass is 10.0. The summed E-state index contributed by atoms with van der Waals surface area (Å²) in [4.78, 5) is 12.3. The van der Waals surface area contributed by atoms with Crippen LogP contribution in [-0.4, -0.2) is 5.11 Å². The van der Waals surface area contributed by atoms with E-state index in [0.717, 1.165) is 12.1 Å². The zero-order valence-corrected chi connectivity index (χ0v) is 11.9. The topological polar surface area (TPSA) is 50.4 Å². The van der Waals surface area contributed by atoms with Crippen LogP contribution >= 0.6 is 0 Å². The van der Waals surface area contributed by atoms with Gasteiger partial charge in [0.1, 0.15) is 17.1 Å². The summed E-state index contributed by atoms with van der Waals surface area (Å²) in [6.07, 6.45) is -4.42. The van der Waals surface area contributed by atoms with Crippen LogP contribution in [-0.2, 0) is 6.18 Å². The highest BCUT2D eigenvalue weighted by Gasteiger charge is 2.30. The molecule has 118 valence electrons. The van der Waals surface area contributed by atoms with E-state index < -0.39 is 11.7 Å². The van der Waals surface area contributed by atoms with E-state index in [1.165, 1.54) is 37.3 Å². The molecule has 6 heteroatoms. The average Bonchev–Trinajstić information content (AvgIpc) is 2.51. The number of phenols is 1. The molecule has 23 heavy (non-hydrogen) atoms. The first-order chi connectivity index (χ1) is 10.8. The quantitative estimate of drug-likeness (QED) is 0.718. The van der Waals surface area contributed by atoms with Crippen molar-refractivity contribution in [3.63, 3.8) is 0 Å². The number of alkyl halides is 3. The first-order valence-corrected chi connectivity index (χ1v) is 6.71. The lowest BCUT2D eigenvalue weighted by molar-refractivity contribution is -0.137. The Balaban J connectivity index is 2.19. The highest BCUT2D eigenvalue weighted by Crippen LogP contribution is 2.32. The average molecular weight is 320 g/mol. The monoisotopic (exact) mass is 320 g/mol. The SMILES string of the molecule is Cc1c(-c2ccc(C(F)(F)F)cc2)oc2ccc(O)cc2c1=O. The maximum Gasteiger partial charge on any atom is 0.416 e. The smallest absolute Gasteiger partial charge is 0.416 e. The van der Waals surface area contributed by atoms with Gasteiger partial charge < -0.3 is 9.52 Å². The van der Waals surface area contributed by atoms with Gasteiger partial charge in [0.2, 0.25) is 0 Å². The van der Waals surface area contributed by atoms with Crippen molar-refractivity contribution >= 4 is 11.0 Å². The Morgan fingerprint density at radius 1 is 1.04 bits per heavy atom. The molecule has 3 rings (SSSR count). The van der Waals surface area contributed by atoms with Gasteiger partial charge in [-0.3, -0.25) is 4.79 Å². The first-order valence-electron chi connectivity index (χ1n) is 6.71. The number of halogens is 3. The second-order valence-corrected chi connectivity index (χ2v) is 5.14. The van der Waals surface area contributed by atoms with Crippen LogP contribution in [0.15, 0.2) is 51.7 Å². The van der Waals surface area contributed by atoms with Gasteiger partial charge in [-0.15, -0.1) is 0 Å². The molecule has 0 amide bonds. The van der Waals surface area contributed by atoms with Crippen LogP contribution in [0.3, 0.4) is 0 Å². The lowest BCUT2D eigenvalue weighted by Crippen LogP contribution is -2.07. The molecule has 0 spiro atoms. The number of phenolic OH excluding ortho intramolecular Hbond substituents is 1. The highest BCUT2D eigenvalue weighted by molar-refractivity contribution is 5.81. The van der Waals surface area contributed by atoms with Crippen molar-refractivity contribution in [2.24, 2.45) is 0 Å². The Labute approximate surface area is 128 Å². The molecule has 1 heterocycles. The fraction of sp³-hybridized carbons (Fsp3) is 0.118. The predicted molar refractivity (Wildman–Crippen MR) is 79.3 cm³/mol. The molecule has 1 N–H and O–H groups in total. The van der Waals surface area contributed by atoms with E-state index in [1.54, 1.807) is 0 Å². The first kappa shape index (κ1) is 15.1. The van der Waals surface area contributed by atoms with Crippen molar-refractivity contribution in [1.82, 2.24) is 0 Å². The van der Waals surface area contributed by atoms with Crippen molar-refractivity contribution < 1.29 is 22.7 Å². The van der Waals surface area contributed by atoms with Gasteiger partial charge in [-0.05, 0) is 37.3 Å². The molecule has 0 aliphatic rings. The van der Waals surface area contributed by atoms with E-state index in [1.807, 2.05) is 0 Å². The van der Waals surface area contributed by atoms with Gasteiger partial charge in [0, 0.05) is 11.1 Å². The summed E-state index contributed by atoms with van der Waals surface area (Å²) in [6.45, 7) is 1.53. The van der Waals surface area contributed by atoms with Crippen molar-refractivity contribution in [2.75, 3.05) is 0 Å². The van der Waals surface area contributed by atoms with Crippen LogP contribution in [0.2, 0.25) is 0 Å². The van der Waals surface area contributed by atoms with Crippen LogP contribution in [0.25, 0.3) is 22.3 Å². The summed E-state index contributed by atoms with van der Waals surface area (Å²) >= 11 is 0. The van der Waals surface area contributed by atoms with Crippen LogP contribution in [0.1, 0.15) is 11.1 Å². The van der Waals surface area contributed by atoms with Crippen molar-refractivity contribution in [3.05, 3.63) is 63.8 Å². The van der Waals surface area contributed by atoms with Gasteiger partial charge >= 0.3 is 6.18 Å². The van der Waals surface area contributed by atoms with Gasteiger partial charge in [0.15, 0.2) is 5.43 Å². The molecule has 3 nitrogen and oxygen atoms in total. The second-order valence-electron chi connectivity index (χ2n) is 5.14. The van der Waals surface area contributed by atoms with E-state index in [9.17, 15) is 23.1 Å². The number of aromatic hydroxyl groups is 1. The molecular formula is C17H11F3O3. The summed E-state index contributed by atoms with van der Waals surface area (Å²) in [5, 5.41) is 9.67. The largest absolute Gasteiger partial charge is 0.508 e. The van der Waals surface area contributed by atoms with Gasteiger partial charge in [0.25, 0.3) is 0 Å². The molecule has 0 unspecified atom stereocenters. The van der Waals surface area contributed by atoms with E-state index >= 15 is 0 Å². The van der Waals surface area contributed by atoms with Crippen molar-refractivity contribution in [1.29, 1.82) is 0 Å². The van der Waals surface area contributed by atoms with Gasteiger partial charge in [0.05, 0.1) is 10.9 Å². The van der Waals surface area contributed by atoms with Crippen LogP contribution in [0, 0.1) is 6.92 Å². The van der Waals surface area contributed by atoms with Gasteiger partial charge in [-0.25, -0.2) is 0 Å². The molecule has 0 saturated heterocycles. The van der Waals surface area contributed by atoms with Gasteiger partial charge in [-0.2, -0.15) is 13.2 Å². The summed E-state index contributed by atoms with van der Waals surface area (Å²) in [5.41, 5.74) is -0.206. The minimum atomic E-state index is -4.42. The maximum atomic E-state index is 12.6. The van der Waals surface area contributed by atoms with E-state index in [0.29, 0.717) is 5.56 Å². The molecule has 0 fully saturated rings. The predicted octanol–water partition coefficient (Wildman–Crippen LogP) is 4.49. The molecule has 2 aromatic carbocycles. The Bertz CT molecular complexity index is 938. The molecule has 0 atom stereocenters. The fourth-order valence-electron chi connectivity index (χ4n) is 2.36. The van der Waals surface area contributed by atoms with E-state index in [-0.39, 0.29) is 33.5 Å². The number of hydrogen-bond acceptors (Lipinski definition) is 3. The highest BCUT2D eigenvalue weighted by atomic mass is 19.4. The van der Waals surface area contributed by atoms with Crippen LogP contribution in [0.5, 0.6) is 5.75 Å². The summed E-state index contributed by atoms with van der Waals surface area (Å²) < 4.78 is 43.5. The van der Waals surface area contributed by atoms with Crippen LogP contribution < -0.4 is 5.43 Å². The third-order valence-corrected chi connectivity index (χ3v) is 3.58. The third-order valence-electron chi connectivity index (χ3n) is 3.58. The third kappa shape index (κ3) is 2.67. The minimum Gasteiger partial charge on any atom is -0.508 e. The molecule has 0 aliphatic heterocycles. The number of rotatable bonds is 1. The summed E-state index contributed by atoms with van der Waals surface area (Å²) in [6, 6.07) is 8.52. The van der Waals surface area contributed by atoms with Crippen LogP contribution in [0.4, 0.5) is 13.2 Å². The van der Waals surface area contributed by atoms with Gasteiger partial charge in [-0.1, -0.05) is 12.1 Å². The normalized spacial score (nSPS) is 11.8. The molecule has 3 aromatic rings. The molecule has 1 aromatic heterocycles. The molecule has 0 bridgehead atoms. The van der Waals surface area contributed by atoms with Crippen molar-refractivity contribution in [2.45, 2.75) is 13.1 Å². The molecule has 0 saturated carbocycles. The zero-order chi connectivity index (χ0) is 16.8. The molecule has 0 radical (unpaired) electrons. The lowest BCUT2D eigenvalue weighted by Gasteiger charge is -2.09. The minimum absolute atomic E-state index is 0.0634. The van der Waals surface area contributed by atoms with E-state index in [2.05, 4.69) is 0 Å². The molecular weight excluding hydrogens is 309 g/mol. The number of fused-ring (bicyclic) bond motifs is 1. The molecule has 0 aliphatic carbocycles. The summed E-state index contributed by atoms with van der Waals surface area (Å²) in [5.74, 6) is 0.147. The number of hydrogen-bond donors (Lipinski definition) is 1. The Morgan fingerprint density at radius 3 is 2.30 bits per heavy atom. The maximum absolute atomic E-state index is 12.6. The fourth-order valence-corrected chi connectivity index (χ4v) is 2.36. The second kappa shape index (κ2) is 5.15. The Morgan fingerprint density at radius 2 is 1.70 bits per heavy atom. The Hall–Kier alpha value is -2.76. The summed E-state index contributed by atoms with van der Waals surface area (Å²) in [7, 11) is 0. The number of benzene rings is 2. The van der Waals surface area contributed by atoms with Crippen molar-refractivity contribution in [3.8, 4) is 17.1 Å². The Kier molecular flexibility index (Phi) is 3.39. The standard InChI is InChI=1S/C17H11F3O3/c1-9-15(22)13-8-12(21)6-7-14(13)23-16(9)10-2-4-11(5-3-10)17(18,19)20/h2-8,21H,1H3. The van der Waals surface area contributed by atoms with E-state index in [4.69, 9.17) is 4.42 Å².